The fraction of sp³-hybridized carbons (Fsp3) is 0.476. The van der Waals surface area contributed by atoms with Gasteiger partial charge in [-0.05, 0) is 49.9 Å². The van der Waals surface area contributed by atoms with E-state index in [1.54, 1.807) is 18.3 Å². The van der Waals surface area contributed by atoms with Crippen LogP contribution in [0.1, 0.15) is 31.2 Å². The van der Waals surface area contributed by atoms with Gasteiger partial charge in [0.05, 0.1) is 16.7 Å². The van der Waals surface area contributed by atoms with E-state index in [-0.39, 0.29) is 6.10 Å². The van der Waals surface area contributed by atoms with Crippen molar-refractivity contribution in [3.8, 4) is 11.8 Å². The normalized spacial score (nSPS) is 23.2. The first-order chi connectivity index (χ1) is 13.7. The topological polar surface area (TPSA) is 65.3 Å². The summed E-state index contributed by atoms with van der Waals surface area (Å²) >= 11 is 6.11. The van der Waals surface area contributed by atoms with Crippen molar-refractivity contribution in [3.05, 3.63) is 47.1 Å². The number of halogens is 1. The number of benzene rings is 1. The second-order valence-corrected chi connectivity index (χ2v) is 7.81. The Morgan fingerprint density at radius 3 is 2.50 bits per heavy atom. The standard InChI is InChI=1S/C21H24ClN5O/c22-20-14-19(6-3-16(20)15-23)28-18-7-4-17(5-8-18)26-10-12-27(13-11-26)21-2-1-9-24-25-21/h1-3,6,9,14,17-18H,4-5,7-8,10-13H2. The number of nitriles is 1. The first-order valence-corrected chi connectivity index (χ1v) is 10.2. The summed E-state index contributed by atoms with van der Waals surface area (Å²) in [6, 6.07) is 12.0. The van der Waals surface area contributed by atoms with E-state index in [1.807, 2.05) is 18.2 Å². The van der Waals surface area contributed by atoms with Crippen molar-refractivity contribution in [2.24, 2.45) is 0 Å². The Labute approximate surface area is 170 Å². The lowest BCUT2D eigenvalue weighted by atomic mass is 9.91. The molecule has 0 bridgehead atoms. The number of aromatic nitrogens is 2. The summed E-state index contributed by atoms with van der Waals surface area (Å²) in [4.78, 5) is 4.93. The SMILES string of the molecule is N#Cc1ccc(OC2CCC(N3CCN(c4cccnn4)CC3)CC2)cc1Cl. The summed E-state index contributed by atoms with van der Waals surface area (Å²) in [5.74, 6) is 1.73. The molecule has 0 amide bonds. The van der Waals surface area contributed by atoms with Crippen LogP contribution >= 0.6 is 11.6 Å². The predicted octanol–water partition coefficient (Wildman–Crippen LogP) is 3.51. The highest BCUT2D eigenvalue weighted by molar-refractivity contribution is 6.31. The molecule has 2 fully saturated rings. The molecule has 4 rings (SSSR count). The van der Waals surface area contributed by atoms with E-state index in [4.69, 9.17) is 21.6 Å². The van der Waals surface area contributed by atoms with Gasteiger partial charge in [0.1, 0.15) is 11.8 Å². The number of nitrogens with zero attached hydrogens (tertiary/aromatic N) is 5. The fourth-order valence-electron chi connectivity index (χ4n) is 4.16. The number of anilines is 1. The lowest BCUT2D eigenvalue weighted by Crippen LogP contribution is -2.51. The third kappa shape index (κ3) is 4.37. The zero-order valence-corrected chi connectivity index (χ0v) is 16.6. The monoisotopic (exact) mass is 397 g/mol. The van der Waals surface area contributed by atoms with Crippen molar-refractivity contribution in [2.75, 3.05) is 31.1 Å². The fourth-order valence-corrected chi connectivity index (χ4v) is 4.37. The third-order valence-corrected chi connectivity index (χ3v) is 6.03. The van der Waals surface area contributed by atoms with Crippen LogP contribution in [-0.4, -0.2) is 53.4 Å². The second kappa shape index (κ2) is 8.76. The van der Waals surface area contributed by atoms with Crippen LogP contribution in [0, 0.1) is 11.3 Å². The average molecular weight is 398 g/mol. The molecular weight excluding hydrogens is 374 g/mol. The molecule has 1 aromatic carbocycles. The van der Waals surface area contributed by atoms with Gasteiger partial charge in [0.2, 0.25) is 0 Å². The van der Waals surface area contributed by atoms with E-state index >= 15 is 0 Å². The van der Waals surface area contributed by atoms with Crippen molar-refractivity contribution in [2.45, 2.75) is 37.8 Å². The van der Waals surface area contributed by atoms with Crippen molar-refractivity contribution in [3.63, 3.8) is 0 Å². The average Bonchev–Trinajstić information content (AvgIpc) is 2.75. The molecule has 2 aromatic rings. The summed E-state index contributed by atoms with van der Waals surface area (Å²) in [5.41, 5.74) is 0.485. The Balaban J connectivity index is 1.25. The molecule has 28 heavy (non-hydrogen) atoms. The van der Waals surface area contributed by atoms with Crippen LogP contribution < -0.4 is 9.64 Å². The molecule has 1 aliphatic heterocycles. The molecule has 146 valence electrons. The molecule has 0 atom stereocenters. The smallest absolute Gasteiger partial charge is 0.151 e. The first kappa shape index (κ1) is 19.0. The van der Waals surface area contributed by atoms with Gasteiger partial charge in [-0.2, -0.15) is 10.4 Å². The largest absolute Gasteiger partial charge is 0.490 e. The number of hydrogen-bond acceptors (Lipinski definition) is 6. The van der Waals surface area contributed by atoms with E-state index in [2.05, 4.69) is 26.1 Å². The van der Waals surface area contributed by atoms with E-state index in [0.717, 1.165) is 63.4 Å². The van der Waals surface area contributed by atoms with E-state index in [9.17, 15) is 0 Å². The Kier molecular flexibility index (Phi) is 5.94. The second-order valence-electron chi connectivity index (χ2n) is 7.41. The number of hydrogen-bond donors (Lipinski definition) is 0. The Bertz CT molecular complexity index is 824. The number of rotatable bonds is 4. The minimum Gasteiger partial charge on any atom is -0.490 e. The minimum atomic E-state index is 0.223. The van der Waals surface area contributed by atoms with Crippen LogP contribution in [0.15, 0.2) is 36.5 Å². The molecule has 0 unspecified atom stereocenters. The minimum absolute atomic E-state index is 0.223. The summed E-state index contributed by atoms with van der Waals surface area (Å²) in [7, 11) is 0. The van der Waals surface area contributed by atoms with Crippen molar-refractivity contribution in [1.29, 1.82) is 5.26 Å². The van der Waals surface area contributed by atoms with Crippen LogP contribution in [-0.2, 0) is 0 Å². The molecule has 7 heteroatoms. The highest BCUT2D eigenvalue weighted by atomic mass is 35.5. The first-order valence-electron chi connectivity index (χ1n) is 9.86. The summed E-state index contributed by atoms with van der Waals surface area (Å²) in [6.45, 7) is 4.13. The molecule has 1 aliphatic carbocycles. The van der Waals surface area contributed by atoms with Crippen LogP contribution in [0.4, 0.5) is 5.82 Å². The van der Waals surface area contributed by atoms with Gasteiger partial charge in [-0.15, -0.1) is 5.10 Å². The number of ether oxygens (including phenoxy) is 1. The predicted molar refractivity (Wildman–Crippen MR) is 109 cm³/mol. The van der Waals surface area contributed by atoms with Gasteiger partial charge in [-0.3, -0.25) is 4.90 Å². The maximum absolute atomic E-state index is 8.98. The highest BCUT2D eigenvalue weighted by Crippen LogP contribution is 2.29. The Morgan fingerprint density at radius 2 is 1.86 bits per heavy atom. The molecule has 1 aromatic heterocycles. The molecule has 1 saturated heterocycles. The summed E-state index contributed by atoms with van der Waals surface area (Å²) < 4.78 is 6.11. The molecule has 2 aliphatic rings. The summed E-state index contributed by atoms with van der Waals surface area (Å²) in [5, 5.41) is 17.6. The quantitative estimate of drug-likeness (QED) is 0.786. The summed E-state index contributed by atoms with van der Waals surface area (Å²) in [6.07, 6.45) is 6.34. The van der Waals surface area contributed by atoms with Gasteiger partial charge in [0.15, 0.2) is 5.82 Å². The van der Waals surface area contributed by atoms with Gasteiger partial charge >= 0.3 is 0 Å². The molecule has 0 spiro atoms. The third-order valence-electron chi connectivity index (χ3n) is 5.72. The Morgan fingerprint density at radius 1 is 1.07 bits per heavy atom. The van der Waals surface area contributed by atoms with Crippen LogP contribution in [0.5, 0.6) is 5.75 Å². The lowest BCUT2D eigenvalue weighted by Gasteiger charge is -2.42. The van der Waals surface area contributed by atoms with Crippen LogP contribution in [0.3, 0.4) is 0 Å². The van der Waals surface area contributed by atoms with Crippen molar-refractivity contribution >= 4 is 17.4 Å². The molecule has 1 saturated carbocycles. The van der Waals surface area contributed by atoms with E-state index in [1.165, 1.54) is 0 Å². The van der Waals surface area contributed by atoms with Gasteiger partial charge < -0.3 is 9.64 Å². The molecule has 2 heterocycles. The Hall–Kier alpha value is -2.36. The number of piperazine rings is 1. The molecular formula is C21H24ClN5O. The van der Waals surface area contributed by atoms with Gasteiger partial charge in [0, 0.05) is 44.5 Å². The highest BCUT2D eigenvalue weighted by Gasteiger charge is 2.29. The van der Waals surface area contributed by atoms with Crippen molar-refractivity contribution in [1.82, 2.24) is 15.1 Å². The van der Waals surface area contributed by atoms with Crippen molar-refractivity contribution < 1.29 is 4.74 Å². The van der Waals surface area contributed by atoms with Gasteiger partial charge in [0.25, 0.3) is 0 Å². The van der Waals surface area contributed by atoms with Crippen LogP contribution in [0.2, 0.25) is 5.02 Å². The maximum atomic E-state index is 8.98. The van der Waals surface area contributed by atoms with E-state index in [0.29, 0.717) is 16.6 Å². The zero-order chi connectivity index (χ0) is 19.3. The maximum Gasteiger partial charge on any atom is 0.151 e. The van der Waals surface area contributed by atoms with E-state index < -0.39 is 0 Å². The molecule has 6 nitrogen and oxygen atoms in total. The molecule has 0 N–H and O–H groups in total. The lowest BCUT2D eigenvalue weighted by molar-refractivity contribution is 0.0845. The zero-order valence-electron chi connectivity index (χ0n) is 15.8. The molecule has 0 radical (unpaired) electrons. The van der Waals surface area contributed by atoms with Gasteiger partial charge in [-0.25, -0.2) is 0 Å². The van der Waals surface area contributed by atoms with Gasteiger partial charge in [-0.1, -0.05) is 11.6 Å². The van der Waals surface area contributed by atoms with Crippen LogP contribution in [0.25, 0.3) is 0 Å².